The van der Waals surface area contributed by atoms with Gasteiger partial charge in [0.1, 0.15) is 0 Å². The maximum atomic E-state index is 9.33. The Morgan fingerprint density at radius 2 is 2.29 bits per heavy atom. The third-order valence-corrected chi connectivity index (χ3v) is 3.37. The summed E-state index contributed by atoms with van der Waals surface area (Å²) in [4.78, 5) is 2.14. The van der Waals surface area contributed by atoms with Crippen LogP contribution < -0.4 is 0 Å². The van der Waals surface area contributed by atoms with Gasteiger partial charge in [-0.25, -0.2) is 0 Å². The minimum absolute atomic E-state index is 0.0301. The first-order valence-corrected chi connectivity index (χ1v) is 5.02. The van der Waals surface area contributed by atoms with Gasteiger partial charge in [-0.2, -0.15) is 0 Å². The van der Waals surface area contributed by atoms with Crippen LogP contribution in [0.3, 0.4) is 0 Å². The summed E-state index contributed by atoms with van der Waals surface area (Å²) >= 11 is 0. The van der Waals surface area contributed by atoms with Gasteiger partial charge in [-0.15, -0.1) is 0 Å². The molecular weight excluding hydrogens is 174 g/mol. The second kappa shape index (κ2) is 2.99. The van der Waals surface area contributed by atoms with E-state index in [0.29, 0.717) is 0 Å². The van der Waals surface area contributed by atoms with E-state index in [1.165, 1.54) is 11.3 Å². The van der Waals surface area contributed by atoms with Crippen LogP contribution in [0, 0.1) is 5.41 Å². The second-order valence-corrected chi connectivity index (χ2v) is 4.39. The molecule has 1 aliphatic carbocycles. The molecule has 0 saturated carbocycles. The lowest BCUT2D eigenvalue weighted by Crippen LogP contribution is -2.26. The van der Waals surface area contributed by atoms with E-state index in [0.717, 1.165) is 12.0 Å². The quantitative estimate of drug-likeness (QED) is 0.685. The van der Waals surface area contributed by atoms with E-state index in [9.17, 15) is 5.11 Å². The minimum atomic E-state index is 0.0301. The van der Waals surface area contributed by atoms with E-state index in [4.69, 9.17) is 0 Å². The smallest absolute Gasteiger partial charge is 0.0668 e. The standard InChI is InChI=1S/C12H17NO/c1-9-5-4-6-12(2)10(8-14)7-13(3)11(9)12/h4-5,7,14H,6,8H2,1-3H3. The number of hydrogen-bond acceptors (Lipinski definition) is 2. The predicted octanol–water partition coefficient (Wildman–Crippen LogP) is 2.05. The van der Waals surface area contributed by atoms with E-state index in [1.54, 1.807) is 0 Å². The third-order valence-electron chi connectivity index (χ3n) is 3.37. The molecule has 1 N–H and O–H groups in total. The highest BCUT2D eigenvalue weighted by molar-refractivity contribution is 5.44. The van der Waals surface area contributed by atoms with Crippen molar-refractivity contribution in [1.29, 1.82) is 0 Å². The van der Waals surface area contributed by atoms with Crippen molar-refractivity contribution in [2.45, 2.75) is 20.3 Å². The molecule has 1 heterocycles. The summed E-state index contributed by atoms with van der Waals surface area (Å²) in [6, 6.07) is 0. The highest BCUT2D eigenvalue weighted by atomic mass is 16.3. The van der Waals surface area contributed by atoms with Crippen LogP contribution in [-0.4, -0.2) is 23.7 Å². The lowest BCUT2D eigenvalue weighted by atomic mass is 9.74. The van der Waals surface area contributed by atoms with Crippen molar-refractivity contribution in [1.82, 2.24) is 4.90 Å². The van der Waals surface area contributed by atoms with E-state index in [2.05, 4.69) is 44.1 Å². The first-order valence-electron chi connectivity index (χ1n) is 5.02. The average molecular weight is 191 g/mol. The fourth-order valence-corrected chi connectivity index (χ4v) is 2.69. The molecule has 0 fully saturated rings. The van der Waals surface area contributed by atoms with Crippen molar-refractivity contribution >= 4 is 0 Å². The Hall–Kier alpha value is -1.02. The molecule has 0 aromatic heterocycles. The van der Waals surface area contributed by atoms with Crippen LogP contribution in [0.15, 0.2) is 35.2 Å². The normalized spacial score (nSPS) is 30.9. The molecule has 0 spiro atoms. The maximum Gasteiger partial charge on any atom is 0.0668 e. The SMILES string of the molecule is CC1=C2N(C)C=C(CO)C2(C)CC=C1. The summed E-state index contributed by atoms with van der Waals surface area (Å²) < 4.78 is 0. The molecule has 76 valence electrons. The number of fused-ring (bicyclic) bond motifs is 1. The average Bonchev–Trinajstić information content (AvgIpc) is 2.38. The van der Waals surface area contributed by atoms with Gasteiger partial charge >= 0.3 is 0 Å². The number of allylic oxidation sites excluding steroid dienone is 4. The minimum Gasteiger partial charge on any atom is -0.392 e. The van der Waals surface area contributed by atoms with Crippen LogP contribution in [0.25, 0.3) is 0 Å². The molecule has 1 unspecified atom stereocenters. The molecule has 0 radical (unpaired) electrons. The van der Waals surface area contributed by atoms with E-state index >= 15 is 0 Å². The van der Waals surface area contributed by atoms with Crippen molar-refractivity contribution in [3.63, 3.8) is 0 Å². The van der Waals surface area contributed by atoms with Gasteiger partial charge in [0, 0.05) is 24.4 Å². The van der Waals surface area contributed by atoms with Gasteiger partial charge in [0.05, 0.1) is 6.61 Å². The fourth-order valence-electron chi connectivity index (χ4n) is 2.69. The van der Waals surface area contributed by atoms with Gasteiger partial charge in [0.25, 0.3) is 0 Å². The second-order valence-electron chi connectivity index (χ2n) is 4.39. The fraction of sp³-hybridized carbons (Fsp3) is 0.500. The Morgan fingerprint density at radius 1 is 1.57 bits per heavy atom. The first kappa shape index (κ1) is 9.53. The number of aliphatic hydroxyl groups excluding tert-OH is 1. The Balaban J connectivity index is 2.52. The van der Waals surface area contributed by atoms with Crippen LogP contribution in [0.2, 0.25) is 0 Å². The molecule has 2 heteroatoms. The molecular formula is C12H17NO. The lowest BCUT2D eigenvalue weighted by molar-refractivity contribution is 0.294. The van der Waals surface area contributed by atoms with Crippen LogP contribution in [0.4, 0.5) is 0 Å². The molecule has 1 aliphatic heterocycles. The Morgan fingerprint density at radius 3 is 2.93 bits per heavy atom. The van der Waals surface area contributed by atoms with Crippen molar-refractivity contribution in [2.75, 3.05) is 13.7 Å². The highest BCUT2D eigenvalue weighted by Crippen LogP contribution is 2.48. The highest BCUT2D eigenvalue weighted by Gasteiger charge is 2.40. The van der Waals surface area contributed by atoms with E-state index < -0.39 is 0 Å². The van der Waals surface area contributed by atoms with Crippen LogP contribution >= 0.6 is 0 Å². The predicted molar refractivity (Wildman–Crippen MR) is 57.5 cm³/mol. The summed E-state index contributed by atoms with van der Waals surface area (Å²) in [5.41, 5.74) is 3.80. The maximum absolute atomic E-state index is 9.33. The zero-order chi connectivity index (χ0) is 10.3. The number of hydrogen-bond donors (Lipinski definition) is 1. The van der Waals surface area contributed by atoms with Gasteiger partial charge in [0.2, 0.25) is 0 Å². The molecule has 2 nitrogen and oxygen atoms in total. The summed E-state index contributed by atoms with van der Waals surface area (Å²) in [6.45, 7) is 4.50. The number of nitrogens with zero attached hydrogens (tertiary/aromatic N) is 1. The molecule has 1 atom stereocenters. The number of aliphatic hydroxyl groups is 1. The first-order chi connectivity index (χ1) is 6.59. The largest absolute Gasteiger partial charge is 0.392 e. The Kier molecular flexibility index (Phi) is 2.04. The summed E-state index contributed by atoms with van der Waals surface area (Å²) in [5.74, 6) is 0. The van der Waals surface area contributed by atoms with Gasteiger partial charge in [-0.3, -0.25) is 0 Å². The zero-order valence-electron chi connectivity index (χ0n) is 9.04. The van der Waals surface area contributed by atoms with Gasteiger partial charge in [-0.05, 0) is 31.4 Å². The molecule has 0 saturated heterocycles. The Bertz CT molecular complexity index is 351. The molecule has 2 aliphatic rings. The van der Waals surface area contributed by atoms with Gasteiger partial charge in [0.15, 0.2) is 0 Å². The molecule has 0 amide bonds. The summed E-state index contributed by atoms with van der Waals surface area (Å²) in [6.07, 6.45) is 7.42. The van der Waals surface area contributed by atoms with Crippen LogP contribution in [0.1, 0.15) is 20.3 Å². The zero-order valence-corrected chi connectivity index (χ0v) is 9.04. The molecule has 0 aromatic rings. The van der Waals surface area contributed by atoms with Crippen molar-refractivity contribution in [2.24, 2.45) is 5.41 Å². The summed E-state index contributed by atoms with van der Waals surface area (Å²) in [7, 11) is 2.05. The van der Waals surface area contributed by atoms with Crippen LogP contribution in [0.5, 0.6) is 0 Å². The van der Waals surface area contributed by atoms with Gasteiger partial charge in [-0.1, -0.05) is 12.2 Å². The van der Waals surface area contributed by atoms with Crippen LogP contribution in [-0.2, 0) is 0 Å². The number of rotatable bonds is 1. The van der Waals surface area contributed by atoms with Crippen molar-refractivity contribution in [3.05, 3.63) is 35.2 Å². The molecule has 14 heavy (non-hydrogen) atoms. The lowest BCUT2D eigenvalue weighted by Gasteiger charge is -2.33. The monoisotopic (exact) mass is 191 g/mol. The molecule has 2 rings (SSSR count). The van der Waals surface area contributed by atoms with Crippen molar-refractivity contribution < 1.29 is 5.11 Å². The van der Waals surface area contributed by atoms with E-state index in [1.807, 2.05) is 0 Å². The van der Waals surface area contributed by atoms with Gasteiger partial charge < -0.3 is 10.0 Å². The summed E-state index contributed by atoms with van der Waals surface area (Å²) in [5, 5.41) is 9.33. The molecule has 0 bridgehead atoms. The third kappa shape index (κ3) is 1.07. The van der Waals surface area contributed by atoms with Crippen molar-refractivity contribution in [3.8, 4) is 0 Å². The molecule has 0 aromatic carbocycles. The Labute approximate surface area is 85.2 Å². The van der Waals surface area contributed by atoms with E-state index in [-0.39, 0.29) is 12.0 Å². The topological polar surface area (TPSA) is 23.5 Å².